The summed E-state index contributed by atoms with van der Waals surface area (Å²) in [5.74, 6) is 2.48. The molecule has 0 saturated heterocycles. The highest BCUT2D eigenvalue weighted by Gasteiger charge is 2.29. The molecule has 34 heavy (non-hydrogen) atoms. The summed E-state index contributed by atoms with van der Waals surface area (Å²) in [7, 11) is 8.50. The molecule has 0 radical (unpaired) electrons. The van der Waals surface area contributed by atoms with Crippen molar-refractivity contribution in [2.75, 3.05) is 28.4 Å². The van der Waals surface area contributed by atoms with E-state index in [1.165, 1.54) is 0 Å². The Balaban J connectivity index is 1.47. The lowest BCUT2D eigenvalue weighted by atomic mass is 9.91. The summed E-state index contributed by atoms with van der Waals surface area (Å²) < 4.78 is 23.6. The first-order chi connectivity index (χ1) is 16.4. The third kappa shape index (κ3) is 4.75. The van der Waals surface area contributed by atoms with Crippen LogP contribution >= 0.6 is 0 Å². The van der Waals surface area contributed by atoms with Crippen LogP contribution in [0.1, 0.15) is 39.5 Å². The molecule has 0 saturated carbocycles. The van der Waals surface area contributed by atoms with Gasteiger partial charge in [-0.25, -0.2) is 0 Å². The number of fused-ring (bicyclic) bond motifs is 1. The van der Waals surface area contributed by atoms with E-state index in [2.05, 4.69) is 10.4 Å². The van der Waals surface area contributed by atoms with Crippen molar-refractivity contribution in [3.05, 3.63) is 58.8 Å². The Morgan fingerprint density at radius 1 is 1.24 bits per heavy atom. The van der Waals surface area contributed by atoms with Crippen LogP contribution in [0.25, 0.3) is 0 Å². The van der Waals surface area contributed by atoms with Crippen molar-refractivity contribution < 1.29 is 23.4 Å². The number of rotatable bonds is 9. The number of carbonyl (C=O) groups is 1. The molecule has 3 aromatic rings. The van der Waals surface area contributed by atoms with E-state index in [1.807, 2.05) is 36.0 Å². The fourth-order valence-electron chi connectivity index (χ4n) is 4.52. The maximum Gasteiger partial charge on any atom is 0.274 e. The standard InChI is InChI=1S/C25H32N4O5/c1-28(15-18-7-6-10-34-18)25(30)23-19-13-17(8-9-20(19)29(2)27-23)26-14-16-11-21(31-3)24(33-5)22(12-16)32-4/h6-7,10-12,17,26H,8-9,13-15H2,1-5H3/t17-/m1/s1. The van der Waals surface area contributed by atoms with E-state index in [1.54, 1.807) is 39.5 Å². The van der Waals surface area contributed by atoms with Crippen LogP contribution in [0.2, 0.25) is 0 Å². The number of furan rings is 1. The summed E-state index contributed by atoms with van der Waals surface area (Å²) in [6, 6.07) is 7.80. The Hall–Kier alpha value is -3.46. The molecule has 2 heterocycles. The number of amides is 1. The molecule has 0 unspecified atom stereocenters. The van der Waals surface area contributed by atoms with Crippen LogP contribution < -0.4 is 19.5 Å². The zero-order valence-electron chi connectivity index (χ0n) is 20.4. The Bertz CT molecular complexity index is 1110. The largest absolute Gasteiger partial charge is 0.493 e. The summed E-state index contributed by atoms with van der Waals surface area (Å²) in [5, 5.41) is 8.21. The summed E-state index contributed by atoms with van der Waals surface area (Å²) in [6.07, 6.45) is 4.18. The molecule has 1 aromatic carbocycles. The maximum absolute atomic E-state index is 13.2. The SMILES string of the molecule is COc1cc(CN[C@@H]2CCc3c(c(C(=O)N(C)Cc4ccco4)nn3C)C2)cc(OC)c1OC. The molecule has 1 aliphatic carbocycles. The second-order valence-corrected chi connectivity index (χ2v) is 8.49. The monoisotopic (exact) mass is 468 g/mol. The van der Waals surface area contributed by atoms with E-state index in [0.29, 0.717) is 36.0 Å². The predicted octanol–water partition coefficient (Wildman–Crippen LogP) is 2.96. The average Bonchev–Trinajstić information content (AvgIpc) is 3.48. The molecule has 4 rings (SSSR count). The van der Waals surface area contributed by atoms with Crippen molar-refractivity contribution in [3.63, 3.8) is 0 Å². The molecule has 0 aliphatic heterocycles. The minimum absolute atomic E-state index is 0.0986. The van der Waals surface area contributed by atoms with Gasteiger partial charge in [-0.05, 0) is 49.1 Å². The van der Waals surface area contributed by atoms with Crippen LogP contribution in [0, 0.1) is 0 Å². The van der Waals surface area contributed by atoms with Crippen molar-refractivity contribution in [1.29, 1.82) is 0 Å². The van der Waals surface area contributed by atoms with Gasteiger partial charge in [0.05, 0.1) is 34.1 Å². The number of benzene rings is 1. The molecule has 1 N–H and O–H groups in total. The Morgan fingerprint density at radius 3 is 2.59 bits per heavy atom. The fourth-order valence-corrected chi connectivity index (χ4v) is 4.52. The molecule has 0 spiro atoms. The van der Waals surface area contributed by atoms with Gasteiger partial charge in [0.15, 0.2) is 17.2 Å². The third-order valence-corrected chi connectivity index (χ3v) is 6.30. The van der Waals surface area contributed by atoms with E-state index in [9.17, 15) is 4.79 Å². The van der Waals surface area contributed by atoms with Gasteiger partial charge in [0.1, 0.15) is 5.76 Å². The minimum Gasteiger partial charge on any atom is -0.493 e. The molecular formula is C25H32N4O5. The molecule has 182 valence electrons. The number of methoxy groups -OCH3 is 3. The summed E-state index contributed by atoms with van der Waals surface area (Å²) in [6.45, 7) is 1.04. The Morgan fingerprint density at radius 2 is 1.97 bits per heavy atom. The van der Waals surface area contributed by atoms with Crippen molar-refractivity contribution in [2.24, 2.45) is 7.05 Å². The highest BCUT2D eigenvalue weighted by Crippen LogP contribution is 2.38. The first-order valence-electron chi connectivity index (χ1n) is 11.3. The summed E-state index contributed by atoms with van der Waals surface area (Å²) in [4.78, 5) is 14.8. The minimum atomic E-state index is -0.0986. The normalized spacial score (nSPS) is 15.0. The van der Waals surface area contributed by atoms with Crippen molar-refractivity contribution in [3.8, 4) is 17.2 Å². The fraction of sp³-hybridized carbons (Fsp3) is 0.440. The first kappa shape index (κ1) is 23.7. The number of hydrogen-bond acceptors (Lipinski definition) is 7. The number of hydrogen-bond donors (Lipinski definition) is 1. The number of aromatic nitrogens is 2. The van der Waals surface area contributed by atoms with E-state index in [4.69, 9.17) is 18.6 Å². The van der Waals surface area contributed by atoms with Crippen molar-refractivity contribution >= 4 is 5.91 Å². The van der Waals surface area contributed by atoms with Crippen LogP contribution in [0.5, 0.6) is 17.2 Å². The van der Waals surface area contributed by atoms with Gasteiger partial charge >= 0.3 is 0 Å². The third-order valence-electron chi connectivity index (χ3n) is 6.30. The van der Waals surface area contributed by atoms with Gasteiger partial charge < -0.3 is 28.8 Å². The first-order valence-corrected chi connectivity index (χ1v) is 11.3. The molecule has 1 amide bonds. The van der Waals surface area contributed by atoms with Gasteiger partial charge in [0.25, 0.3) is 5.91 Å². The van der Waals surface area contributed by atoms with Gasteiger partial charge in [0.2, 0.25) is 5.75 Å². The van der Waals surface area contributed by atoms with Crippen LogP contribution in [0.4, 0.5) is 0 Å². The lowest BCUT2D eigenvalue weighted by Gasteiger charge is -2.25. The zero-order chi connectivity index (χ0) is 24.2. The number of carbonyl (C=O) groups excluding carboxylic acids is 1. The second-order valence-electron chi connectivity index (χ2n) is 8.49. The van der Waals surface area contributed by atoms with Gasteiger partial charge in [0, 0.05) is 37.9 Å². The summed E-state index contributed by atoms with van der Waals surface area (Å²) >= 11 is 0. The molecule has 9 nitrogen and oxygen atoms in total. The Kier molecular flexibility index (Phi) is 7.12. The lowest BCUT2D eigenvalue weighted by Crippen LogP contribution is -2.35. The number of aryl methyl sites for hydroxylation is 1. The zero-order valence-corrected chi connectivity index (χ0v) is 20.4. The van der Waals surface area contributed by atoms with E-state index < -0.39 is 0 Å². The van der Waals surface area contributed by atoms with Gasteiger partial charge in [-0.2, -0.15) is 5.10 Å². The predicted molar refractivity (Wildman–Crippen MR) is 126 cm³/mol. The number of ether oxygens (including phenoxy) is 3. The van der Waals surface area contributed by atoms with Gasteiger partial charge in [-0.3, -0.25) is 9.48 Å². The van der Waals surface area contributed by atoms with E-state index >= 15 is 0 Å². The van der Waals surface area contributed by atoms with Crippen LogP contribution in [-0.4, -0.2) is 55.0 Å². The molecular weight excluding hydrogens is 436 g/mol. The second kappa shape index (κ2) is 10.2. The van der Waals surface area contributed by atoms with Crippen molar-refractivity contribution in [2.45, 2.75) is 38.4 Å². The lowest BCUT2D eigenvalue weighted by molar-refractivity contribution is 0.0767. The van der Waals surface area contributed by atoms with E-state index in [0.717, 1.165) is 41.8 Å². The van der Waals surface area contributed by atoms with Crippen LogP contribution in [0.15, 0.2) is 34.9 Å². The number of nitrogens with zero attached hydrogens (tertiary/aromatic N) is 3. The van der Waals surface area contributed by atoms with E-state index in [-0.39, 0.29) is 11.9 Å². The van der Waals surface area contributed by atoms with Crippen molar-refractivity contribution in [1.82, 2.24) is 20.0 Å². The molecule has 9 heteroatoms. The molecule has 1 atom stereocenters. The van der Waals surface area contributed by atoms with Crippen LogP contribution in [0.3, 0.4) is 0 Å². The van der Waals surface area contributed by atoms with Crippen LogP contribution in [-0.2, 0) is 33.0 Å². The maximum atomic E-state index is 13.2. The highest BCUT2D eigenvalue weighted by atomic mass is 16.5. The highest BCUT2D eigenvalue weighted by molar-refractivity contribution is 5.94. The summed E-state index contributed by atoms with van der Waals surface area (Å²) in [5.41, 5.74) is 3.69. The quantitative estimate of drug-likeness (QED) is 0.516. The number of nitrogens with one attached hydrogen (secondary N) is 1. The molecule has 0 fully saturated rings. The Labute approximate surface area is 199 Å². The molecule has 1 aliphatic rings. The van der Waals surface area contributed by atoms with Gasteiger partial charge in [-0.15, -0.1) is 0 Å². The molecule has 2 aromatic heterocycles. The molecule has 0 bridgehead atoms. The topological polar surface area (TPSA) is 91.0 Å². The average molecular weight is 469 g/mol. The smallest absolute Gasteiger partial charge is 0.274 e. The van der Waals surface area contributed by atoms with Gasteiger partial charge in [-0.1, -0.05) is 0 Å².